The van der Waals surface area contributed by atoms with Gasteiger partial charge in [0, 0.05) is 11.8 Å². The monoisotopic (exact) mass is 214 g/mol. The van der Waals surface area contributed by atoms with Gasteiger partial charge in [0.05, 0.1) is 12.5 Å². The molecule has 0 N–H and O–H groups in total. The van der Waals surface area contributed by atoms with Crippen LogP contribution in [0.5, 0.6) is 0 Å². The lowest BCUT2D eigenvalue weighted by Gasteiger charge is -2.26. The van der Waals surface area contributed by atoms with E-state index in [0.29, 0.717) is 12.5 Å². The molecule has 3 atom stereocenters. The summed E-state index contributed by atoms with van der Waals surface area (Å²) in [6, 6.07) is 10.2. The first kappa shape index (κ1) is 9.64. The summed E-state index contributed by atoms with van der Waals surface area (Å²) in [4.78, 5) is 11.7. The number of allylic oxidation sites excluding steroid dienone is 2. The highest BCUT2D eigenvalue weighted by molar-refractivity contribution is 5.77. The molecule has 1 aliphatic carbocycles. The highest BCUT2D eigenvalue weighted by Crippen LogP contribution is 2.41. The Hall–Kier alpha value is -1.57. The Morgan fingerprint density at radius 3 is 2.81 bits per heavy atom. The molecule has 0 radical (unpaired) electrons. The summed E-state index contributed by atoms with van der Waals surface area (Å²) in [5.74, 6) is 0.591. The molecule has 0 bridgehead atoms. The van der Waals surface area contributed by atoms with Gasteiger partial charge < -0.3 is 4.74 Å². The van der Waals surface area contributed by atoms with Gasteiger partial charge in [0.15, 0.2) is 0 Å². The lowest BCUT2D eigenvalue weighted by molar-refractivity contribution is -0.141. The molecule has 1 aromatic carbocycles. The van der Waals surface area contributed by atoms with Gasteiger partial charge in [-0.3, -0.25) is 4.79 Å². The Bertz CT molecular complexity index is 422. The summed E-state index contributed by atoms with van der Waals surface area (Å²) in [6.45, 7) is 0.594. The van der Waals surface area contributed by atoms with E-state index in [4.69, 9.17) is 4.74 Å². The summed E-state index contributed by atoms with van der Waals surface area (Å²) >= 11 is 0. The van der Waals surface area contributed by atoms with Gasteiger partial charge in [0.1, 0.15) is 0 Å². The average Bonchev–Trinajstić information content (AvgIpc) is 2.73. The molecule has 0 aromatic heterocycles. The van der Waals surface area contributed by atoms with E-state index in [1.807, 2.05) is 18.2 Å². The van der Waals surface area contributed by atoms with Crippen molar-refractivity contribution in [2.45, 2.75) is 12.3 Å². The van der Waals surface area contributed by atoms with Crippen LogP contribution in [-0.4, -0.2) is 12.6 Å². The Morgan fingerprint density at radius 2 is 2.00 bits per heavy atom. The normalized spacial score (nSPS) is 32.2. The van der Waals surface area contributed by atoms with Crippen molar-refractivity contribution < 1.29 is 9.53 Å². The fraction of sp³-hybridized carbons (Fsp3) is 0.357. The zero-order valence-electron chi connectivity index (χ0n) is 9.00. The third-order valence-corrected chi connectivity index (χ3v) is 3.57. The number of esters is 1. The molecule has 82 valence electrons. The summed E-state index contributed by atoms with van der Waals surface area (Å²) in [5.41, 5.74) is 1.22. The van der Waals surface area contributed by atoms with Crippen molar-refractivity contribution in [1.29, 1.82) is 0 Å². The molecule has 2 aliphatic rings. The maximum Gasteiger partial charge on any atom is 0.310 e. The van der Waals surface area contributed by atoms with Crippen LogP contribution in [0.15, 0.2) is 42.5 Å². The molecule has 1 fully saturated rings. The summed E-state index contributed by atoms with van der Waals surface area (Å²) in [5, 5.41) is 0. The van der Waals surface area contributed by atoms with Crippen molar-refractivity contribution in [2.24, 2.45) is 11.8 Å². The largest absolute Gasteiger partial charge is 0.465 e. The smallest absolute Gasteiger partial charge is 0.310 e. The van der Waals surface area contributed by atoms with Gasteiger partial charge in [-0.15, -0.1) is 0 Å². The van der Waals surface area contributed by atoms with Crippen LogP contribution < -0.4 is 0 Å². The van der Waals surface area contributed by atoms with Gasteiger partial charge in [-0.25, -0.2) is 0 Å². The third kappa shape index (κ3) is 1.45. The molecule has 0 saturated carbocycles. The Morgan fingerprint density at radius 1 is 1.19 bits per heavy atom. The minimum atomic E-state index is -0.0248. The maximum atomic E-state index is 11.7. The van der Waals surface area contributed by atoms with Crippen molar-refractivity contribution in [3.8, 4) is 0 Å². The molecular formula is C14H14O2. The highest BCUT2D eigenvalue weighted by atomic mass is 16.5. The van der Waals surface area contributed by atoms with E-state index < -0.39 is 0 Å². The topological polar surface area (TPSA) is 26.3 Å². The van der Waals surface area contributed by atoms with Crippen molar-refractivity contribution in [2.75, 3.05) is 6.61 Å². The maximum absolute atomic E-state index is 11.7. The first-order chi connectivity index (χ1) is 7.86. The molecule has 16 heavy (non-hydrogen) atoms. The van der Waals surface area contributed by atoms with Crippen molar-refractivity contribution >= 4 is 5.97 Å². The van der Waals surface area contributed by atoms with Crippen LogP contribution in [-0.2, 0) is 9.53 Å². The lowest BCUT2D eigenvalue weighted by atomic mass is 9.74. The number of ether oxygens (including phenoxy) is 1. The second-order valence-electron chi connectivity index (χ2n) is 4.52. The standard InChI is InChI=1S/C14H14O2/c15-14-13-11(9-16-14)7-4-8-12(13)10-5-2-1-3-6-10/h1-6,8,11-13H,7,9H2/t11-,12-,13-/m1/s1. The minimum Gasteiger partial charge on any atom is -0.465 e. The number of fused-ring (bicyclic) bond motifs is 1. The van der Waals surface area contributed by atoms with E-state index in [2.05, 4.69) is 24.3 Å². The molecule has 3 rings (SSSR count). The Kier molecular flexibility index (Phi) is 2.28. The number of benzene rings is 1. The zero-order valence-corrected chi connectivity index (χ0v) is 9.00. The predicted octanol–water partition coefficient (Wildman–Crippen LogP) is 2.52. The number of hydrogen-bond donors (Lipinski definition) is 0. The van der Waals surface area contributed by atoms with Crippen LogP contribution in [0, 0.1) is 11.8 Å². The van der Waals surface area contributed by atoms with E-state index in [-0.39, 0.29) is 17.8 Å². The summed E-state index contributed by atoms with van der Waals surface area (Å²) in [7, 11) is 0. The van der Waals surface area contributed by atoms with Gasteiger partial charge in [-0.2, -0.15) is 0 Å². The van der Waals surface area contributed by atoms with Crippen LogP contribution in [0.25, 0.3) is 0 Å². The van der Waals surface area contributed by atoms with E-state index in [1.54, 1.807) is 0 Å². The molecule has 0 unspecified atom stereocenters. The highest BCUT2D eigenvalue weighted by Gasteiger charge is 2.42. The molecule has 1 saturated heterocycles. The van der Waals surface area contributed by atoms with Crippen molar-refractivity contribution in [3.05, 3.63) is 48.0 Å². The Labute approximate surface area is 94.9 Å². The summed E-state index contributed by atoms with van der Waals surface area (Å²) < 4.78 is 5.17. The van der Waals surface area contributed by atoms with Gasteiger partial charge in [0.2, 0.25) is 0 Å². The molecule has 2 heteroatoms. The van der Waals surface area contributed by atoms with Crippen LogP contribution in [0.4, 0.5) is 0 Å². The molecule has 2 nitrogen and oxygen atoms in total. The number of cyclic esters (lactones) is 1. The summed E-state index contributed by atoms with van der Waals surface area (Å²) in [6.07, 6.45) is 5.31. The third-order valence-electron chi connectivity index (χ3n) is 3.57. The number of carbonyl (C=O) groups excluding carboxylic acids is 1. The molecule has 1 aromatic rings. The molecule has 1 heterocycles. The SMILES string of the molecule is O=C1OC[C@H]2CC=C[C@H](c3ccccc3)[C@H]12. The van der Waals surface area contributed by atoms with Gasteiger partial charge in [-0.1, -0.05) is 42.5 Å². The van der Waals surface area contributed by atoms with Crippen LogP contribution in [0.3, 0.4) is 0 Å². The first-order valence-corrected chi connectivity index (χ1v) is 5.74. The van der Waals surface area contributed by atoms with E-state index in [0.717, 1.165) is 6.42 Å². The Balaban J connectivity index is 1.97. The fourth-order valence-corrected chi connectivity index (χ4v) is 2.75. The first-order valence-electron chi connectivity index (χ1n) is 5.74. The van der Waals surface area contributed by atoms with Crippen LogP contribution in [0.1, 0.15) is 17.9 Å². The predicted molar refractivity (Wildman–Crippen MR) is 60.9 cm³/mol. The number of hydrogen-bond acceptors (Lipinski definition) is 2. The average molecular weight is 214 g/mol. The fourth-order valence-electron chi connectivity index (χ4n) is 2.75. The van der Waals surface area contributed by atoms with Gasteiger partial charge >= 0.3 is 5.97 Å². The second kappa shape index (κ2) is 3.78. The van der Waals surface area contributed by atoms with Crippen molar-refractivity contribution in [3.63, 3.8) is 0 Å². The quantitative estimate of drug-likeness (QED) is 0.530. The van der Waals surface area contributed by atoms with E-state index >= 15 is 0 Å². The van der Waals surface area contributed by atoms with E-state index in [1.165, 1.54) is 5.56 Å². The molecular weight excluding hydrogens is 200 g/mol. The van der Waals surface area contributed by atoms with Crippen molar-refractivity contribution in [1.82, 2.24) is 0 Å². The van der Waals surface area contributed by atoms with Crippen LogP contribution in [0.2, 0.25) is 0 Å². The second-order valence-corrected chi connectivity index (χ2v) is 4.52. The molecule has 1 aliphatic heterocycles. The van der Waals surface area contributed by atoms with E-state index in [9.17, 15) is 4.79 Å². The zero-order chi connectivity index (χ0) is 11.0. The number of rotatable bonds is 1. The van der Waals surface area contributed by atoms with Gasteiger partial charge in [0.25, 0.3) is 0 Å². The minimum absolute atomic E-state index is 0.0248. The lowest BCUT2D eigenvalue weighted by Crippen LogP contribution is -2.25. The van der Waals surface area contributed by atoms with Crippen LogP contribution >= 0.6 is 0 Å². The number of carbonyl (C=O) groups is 1. The van der Waals surface area contributed by atoms with Gasteiger partial charge in [-0.05, 0) is 12.0 Å². The molecule has 0 spiro atoms. The molecule has 0 amide bonds.